The lowest BCUT2D eigenvalue weighted by molar-refractivity contribution is 0.669. The lowest BCUT2D eigenvalue weighted by Crippen LogP contribution is -2.10. The molecule has 0 aliphatic rings. The van der Waals surface area contributed by atoms with Gasteiger partial charge < -0.3 is 13.7 Å². The molecule has 0 N–H and O–H groups in total. The van der Waals surface area contributed by atoms with E-state index in [-0.39, 0.29) is 0 Å². The number of anilines is 3. The third kappa shape index (κ3) is 3.74. The lowest BCUT2D eigenvalue weighted by Gasteiger charge is -2.26. The molecule has 6 aromatic carbocycles. The molecule has 0 saturated carbocycles. The predicted octanol–water partition coefficient (Wildman–Crippen LogP) is 11.2. The molecule has 3 heterocycles. The van der Waals surface area contributed by atoms with Crippen LogP contribution >= 0.6 is 0 Å². The zero-order valence-corrected chi connectivity index (χ0v) is 23.1. The first kappa shape index (κ1) is 23.8. The molecule has 0 aliphatic carbocycles. The molecule has 4 nitrogen and oxygen atoms in total. The van der Waals surface area contributed by atoms with Crippen molar-refractivity contribution in [3.63, 3.8) is 0 Å². The Kier molecular flexibility index (Phi) is 5.16. The van der Waals surface area contributed by atoms with Gasteiger partial charge in [-0.25, -0.2) is 0 Å². The van der Waals surface area contributed by atoms with Gasteiger partial charge >= 0.3 is 0 Å². The van der Waals surface area contributed by atoms with Crippen LogP contribution in [0.15, 0.2) is 155 Å². The Morgan fingerprint density at radius 3 is 2.05 bits per heavy atom. The molecule has 0 radical (unpaired) electrons. The fraction of sp³-hybridized carbons (Fsp3) is 0. The minimum absolute atomic E-state index is 0.750. The third-order valence-electron chi connectivity index (χ3n) is 8.35. The van der Waals surface area contributed by atoms with Gasteiger partial charge in [-0.2, -0.15) is 0 Å². The maximum absolute atomic E-state index is 6.51. The van der Waals surface area contributed by atoms with Gasteiger partial charge in [0.1, 0.15) is 16.7 Å². The lowest BCUT2D eigenvalue weighted by atomic mass is 10.0. The van der Waals surface area contributed by atoms with Gasteiger partial charge in [0.25, 0.3) is 0 Å². The maximum Gasteiger partial charge on any atom is 0.155 e. The molecule has 0 fully saturated rings. The van der Waals surface area contributed by atoms with Crippen LogP contribution in [0.5, 0.6) is 0 Å². The first-order valence-corrected chi connectivity index (χ1v) is 14.4. The second kappa shape index (κ2) is 9.33. The number of hydrogen-bond donors (Lipinski definition) is 0. The summed E-state index contributed by atoms with van der Waals surface area (Å²) in [5, 5.41) is 6.51. The van der Waals surface area contributed by atoms with Gasteiger partial charge in [-0.3, -0.25) is 4.98 Å². The summed E-state index contributed by atoms with van der Waals surface area (Å²) in [6.07, 6.45) is 3.74. The van der Waals surface area contributed by atoms with Crippen molar-refractivity contribution in [3.8, 4) is 11.1 Å². The van der Waals surface area contributed by atoms with Crippen molar-refractivity contribution in [1.29, 1.82) is 0 Å². The average Bonchev–Trinajstić information content (AvgIpc) is 3.64. The van der Waals surface area contributed by atoms with Crippen molar-refractivity contribution in [1.82, 2.24) is 4.98 Å². The summed E-state index contributed by atoms with van der Waals surface area (Å²) in [4.78, 5) is 6.91. The number of benzene rings is 6. The Morgan fingerprint density at radius 2 is 1.16 bits per heavy atom. The molecule has 0 spiro atoms. The van der Waals surface area contributed by atoms with Gasteiger partial charge in [0.15, 0.2) is 5.58 Å². The standard InChI is InChI=1S/C39H24N2O2/c1-2-8-25(9-3-1)26-14-17-28(18-15-26)41(29-19-21-32-31-12-6-7-13-35(31)42-36(32)22-29)34-23-40-24-37-38(34)33-20-16-27-10-4-5-11-30(27)39(33)43-37/h1-24H. The van der Waals surface area contributed by atoms with Crippen LogP contribution in [-0.4, -0.2) is 4.98 Å². The first-order chi connectivity index (χ1) is 21.3. The van der Waals surface area contributed by atoms with Crippen LogP contribution in [0.4, 0.5) is 17.1 Å². The monoisotopic (exact) mass is 552 g/mol. The van der Waals surface area contributed by atoms with Gasteiger partial charge in [-0.15, -0.1) is 0 Å². The Hall–Kier alpha value is -5.87. The predicted molar refractivity (Wildman–Crippen MR) is 176 cm³/mol. The summed E-state index contributed by atoms with van der Waals surface area (Å²) in [5.41, 5.74) is 8.61. The highest BCUT2D eigenvalue weighted by Crippen LogP contribution is 2.45. The van der Waals surface area contributed by atoms with E-state index < -0.39 is 0 Å². The van der Waals surface area contributed by atoms with E-state index in [1.54, 1.807) is 0 Å². The molecule has 0 saturated heterocycles. The molecule has 0 bridgehead atoms. The van der Waals surface area contributed by atoms with Crippen LogP contribution in [0.1, 0.15) is 0 Å². The van der Waals surface area contributed by atoms with Crippen molar-refractivity contribution in [2.45, 2.75) is 0 Å². The smallest absolute Gasteiger partial charge is 0.155 e. The number of fused-ring (bicyclic) bond motifs is 8. The van der Waals surface area contributed by atoms with E-state index in [0.717, 1.165) is 77.3 Å². The number of furan rings is 2. The van der Waals surface area contributed by atoms with Gasteiger partial charge in [0.2, 0.25) is 0 Å². The van der Waals surface area contributed by atoms with Crippen molar-refractivity contribution in [3.05, 3.63) is 146 Å². The van der Waals surface area contributed by atoms with Gasteiger partial charge in [-0.05, 0) is 52.9 Å². The molecular weight excluding hydrogens is 528 g/mol. The van der Waals surface area contributed by atoms with Crippen LogP contribution in [0, 0.1) is 0 Å². The molecule has 0 unspecified atom stereocenters. The van der Waals surface area contributed by atoms with E-state index in [1.165, 1.54) is 5.56 Å². The minimum atomic E-state index is 0.750. The normalized spacial score (nSPS) is 11.7. The molecule has 43 heavy (non-hydrogen) atoms. The Labute approximate surface area is 247 Å². The number of nitrogens with zero attached hydrogens (tertiary/aromatic N) is 2. The van der Waals surface area contributed by atoms with Crippen molar-refractivity contribution < 1.29 is 8.83 Å². The number of pyridine rings is 1. The molecule has 4 heteroatoms. The second-order valence-electron chi connectivity index (χ2n) is 10.8. The molecule has 0 amide bonds. The second-order valence-corrected chi connectivity index (χ2v) is 10.8. The van der Waals surface area contributed by atoms with E-state index in [4.69, 9.17) is 8.83 Å². The number of para-hydroxylation sites is 1. The maximum atomic E-state index is 6.51. The van der Waals surface area contributed by atoms with E-state index in [0.29, 0.717) is 0 Å². The fourth-order valence-corrected chi connectivity index (χ4v) is 6.32. The van der Waals surface area contributed by atoms with Crippen LogP contribution in [0.25, 0.3) is 65.8 Å². The summed E-state index contributed by atoms with van der Waals surface area (Å²) < 4.78 is 12.8. The fourth-order valence-electron chi connectivity index (χ4n) is 6.32. The molecule has 9 aromatic rings. The van der Waals surface area contributed by atoms with Gasteiger partial charge in [-0.1, -0.05) is 91.0 Å². The SMILES string of the molecule is c1ccc(-c2ccc(N(c3ccc4c(c3)oc3ccccc34)c3cncc4oc5c6ccccc6ccc5c34)cc2)cc1. The quantitative estimate of drug-likeness (QED) is 0.218. The highest BCUT2D eigenvalue weighted by Gasteiger charge is 2.22. The van der Waals surface area contributed by atoms with Crippen LogP contribution < -0.4 is 4.90 Å². The van der Waals surface area contributed by atoms with Crippen LogP contribution in [0.3, 0.4) is 0 Å². The van der Waals surface area contributed by atoms with E-state index in [2.05, 4.69) is 119 Å². The highest BCUT2D eigenvalue weighted by atomic mass is 16.3. The summed E-state index contributed by atoms with van der Waals surface area (Å²) in [5.74, 6) is 0. The Bertz CT molecular complexity index is 2450. The largest absolute Gasteiger partial charge is 0.456 e. The Morgan fingerprint density at radius 1 is 0.465 bits per heavy atom. The molecule has 0 atom stereocenters. The van der Waals surface area contributed by atoms with Crippen LogP contribution in [-0.2, 0) is 0 Å². The Balaban J connectivity index is 1.30. The number of hydrogen-bond acceptors (Lipinski definition) is 4. The molecule has 3 aromatic heterocycles. The van der Waals surface area contributed by atoms with Crippen molar-refractivity contribution in [2.75, 3.05) is 4.90 Å². The molecular formula is C39H24N2O2. The minimum Gasteiger partial charge on any atom is -0.456 e. The van der Waals surface area contributed by atoms with Crippen LogP contribution in [0.2, 0.25) is 0 Å². The van der Waals surface area contributed by atoms with E-state index in [9.17, 15) is 0 Å². The average molecular weight is 553 g/mol. The summed E-state index contributed by atoms with van der Waals surface area (Å²) in [7, 11) is 0. The molecule has 202 valence electrons. The number of aromatic nitrogens is 1. The first-order valence-electron chi connectivity index (χ1n) is 14.4. The molecule has 0 aliphatic heterocycles. The van der Waals surface area contributed by atoms with Gasteiger partial charge in [0.05, 0.1) is 23.5 Å². The third-order valence-corrected chi connectivity index (χ3v) is 8.35. The van der Waals surface area contributed by atoms with Crippen molar-refractivity contribution >= 4 is 71.7 Å². The number of rotatable bonds is 4. The van der Waals surface area contributed by atoms with E-state index >= 15 is 0 Å². The zero-order chi connectivity index (χ0) is 28.3. The van der Waals surface area contributed by atoms with Crippen molar-refractivity contribution in [2.24, 2.45) is 0 Å². The summed E-state index contributed by atoms with van der Waals surface area (Å²) >= 11 is 0. The molecule has 9 rings (SSSR count). The van der Waals surface area contributed by atoms with E-state index in [1.807, 2.05) is 36.7 Å². The van der Waals surface area contributed by atoms with Gasteiger partial charge in [0, 0.05) is 39.0 Å². The zero-order valence-electron chi connectivity index (χ0n) is 23.1. The summed E-state index contributed by atoms with van der Waals surface area (Å²) in [6, 6.07) is 46.4. The summed E-state index contributed by atoms with van der Waals surface area (Å²) in [6.45, 7) is 0. The highest BCUT2D eigenvalue weighted by molar-refractivity contribution is 6.19. The topological polar surface area (TPSA) is 42.4 Å².